The van der Waals surface area contributed by atoms with Gasteiger partial charge in [-0.3, -0.25) is 4.79 Å². The van der Waals surface area contributed by atoms with Crippen molar-refractivity contribution in [3.63, 3.8) is 0 Å². The number of quaternary nitrogens is 1. The van der Waals surface area contributed by atoms with Gasteiger partial charge in [-0.05, 0) is 31.2 Å². The Morgan fingerprint density at radius 1 is 1.12 bits per heavy atom. The van der Waals surface area contributed by atoms with Gasteiger partial charge >= 0.3 is 0 Å². The lowest BCUT2D eigenvalue weighted by atomic mass is 10.1. The molecule has 0 fully saturated rings. The molecule has 1 amide bonds. The van der Waals surface area contributed by atoms with Gasteiger partial charge in [0, 0.05) is 23.7 Å². The first-order valence-electron chi connectivity index (χ1n) is 8.57. The van der Waals surface area contributed by atoms with E-state index in [2.05, 4.69) is 22.6 Å². The maximum atomic E-state index is 11.6. The Bertz CT molecular complexity index is 887. The van der Waals surface area contributed by atoms with Crippen molar-refractivity contribution in [1.29, 1.82) is 0 Å². The minimum absolute atomic E-state index is 0.0770. The maximum Gasteiger partial charge on any atom is 0.271 e. The molecule has 0 saturated carbocycles. The normalized spacial score (nSPS) is 12.0. The first-order chi connectivity index (χ1) is 12.5. The molecule has 2 aromatic carbocycles. The summed E-state index contributed by atoms with van der Waals surface area (Å²) in [6.45, 7) is 3.47. The van der Waals surface area contributed by atoms with E-state index in [4.69, 9.17) is 4.42 Å². The molecule has 0 aliphatic heterocycles. The Balaban J connectivity index is 1.62. The SMILES string of the molecule is CNC(=O)c1ccc(C[NH+](C)Cc2nnc(-c3cccc(C)c3)o2)cc1. The third kappa shape index (κ3) is 4.34. The number of rotatable bonds is 6. The number of hydrogen-bond donors (Lipinski definition) is 2. The van der Waals surface area contributed by atoms with Crippen molar-refractivity contribution in [3.05, 3.63) is 71.1 Å². The molecule has 3 rings (SSSR count). The average molecular weight is 351 g/mol. The van der Waals surface area contributed by atoms with Crippen molar-refractivity contribution in [2.24, 2.45) is 0 Å². The molecule has 134 valence electrons. The Hall–Kier alpha value is -2.99. The van der Waals surface area contributed by atoms with Crippen LogP contribution < -0.4 is 10.2 Å². The molecule has 3 aromatic rings. The zero-order valence-corrected chi connectivity index (χ0v) is 15.2. The van der Waals surface area contributed by atoms with Crippen LogP contribution in [0, 0.1) is 6.92 Å². The van der Waals surface area contributed by atoms with Crippen LogP contribution in [-0.2, 0) is 13.1 Å². The predicted octanol–water partition coefficient (Wildman–Crippen LogP) is 1.62. The highest BCUT2D eigenvalue weighted by atomic mass is 16.4. The molecular weight excluding hydrogens is 328 g/mol. The van der Waals surface area contributed by atoms with Crippen LogP contribution >= 0.6 is 0 Å². The number of nitrogens with zero attached hydrogens (tertiary/aromatic N) is 2. The Morgan fingerprint density at radius 2 is 1.88 bits per heavy atom. The quantitative estimate of drug-likeness (QED) is 0.708. The van der Waals surface area contributed by atoms with Crippen LogP contribution in [0.1, 0.15) is 27.4 Å². The topological polar surface area (TPSA) is 72.5 Å². The fourth-order valence-corrected chi connectivity index (χ4v) is 2.81. The third-order valence-electron chi connectivity index (χ3n) is 4.13. The highest BCUT2D eigenvalue weighted by Crippen LogP contribution is 2.18. The Labute approximate surface area is 152 Å². The first-order valence-corrected chi connectivity index (χ1v) is 8.57. The van der Waals surface area contributed by atoms with E-state index in [1.165, 1.54) is 4.90 Å². The molecule has 0 bridgehead atoms. The summed E-state index contributed by atoms with van der Waals surface area (Å²) in [7, 11) is 3.70. The first kappa shape index (κ1) is 17.8. The van der Waals surface area contributed by atoms with Gasteiger partial charge in [0.1, 0.15) is 6.54 Å². The van der Waals surface area contributed by atoms with Crippen molar-refractivity contribution in [3.8, 4) is 11.5 Å². The summed E-state index contributed by atoms with van der Waals surface area (Å²) >= 11 is 0. The summed E-state index contributed by atoms with van der Waals surface area (Å²) in [4.78, 5) is 12.8. The van der Waals surface area contributed by atoms with E-state index >= 15 is 0 Å². The van der Waals surface area contributed by atoms with E-state index in [1.807, 2.05) is 55.5 Å². The summed E-state index contributed by atoms with van der Waals surface area (Å²) in [5.74, 6) is 1.08. The zero-order chi connectivity index (χ0) is 18.5. The summed E-state index contributed by atoms with van der Waals surface area (Å²) in [6, 6.07) is 15.6. The minimum atomic E-state index is -0.0770. The van der Waals surface area contributed by atoms with Crippen LogP contribution in [0.4, 0.5) is 0 Å². The zero-order valence-electron chi connectivity index (χ0n) is 15.2. The van der Waals surface area contributed by atoms with Crippen LogP contribution in [0.2, 0.25) is 0 Å². The van der Waals surface area contributed by atoms with Gasteiger partial charge in [-0.1, -0.05) is 29.8 Å². The molecule has 2 N–H and O–H groups in total. The standard InChI is InChI=1S/C20H22N4O2/c1-14-5-4-6-17(11-14)20-23-22-18(26-20)13-24(3)12-15-7-9-16(10-8-15)19(25)21-2/h4-11H,12-13H2,1-3H3,(H,21,25)/p+1. The number of amides is 1. The molecule has 1 aromatic heterocycles. The highest BCUT2D eigenvalue weighted by Gasteiger charge is 2.13. The van der Waals surface area contributed by atoms with E-state index in [0.717, 1.165) is 23.2 Å². The molecule has 0 spiro atoms. The van der Waals surface area contributed by atoms with Crippen LogP contribution in [0.15, 0.2) is 52.9 Å². The molecule has 0 saturated heterocycles. The summed E-state index contributed by atoms with van der Waals surface area (Å²) in [6.07, 6.45) is 0. The largest absolute Gasteiger partial charge is 0.415 e. The molecule has 26 heavy (non-hydrogen) atoms. The van der Waals surface area contributed by atoms with Crippen molar-refractivity contribution >= 4 is 5.91 Å². The van der Waals surface area contributed by atoms with E-state index < -0.39 is 0 Å². The molecule has 0 aliphatic rings. The molecule has 1 atom stereocenters. The van der Waals surface area contributed by atoms with Crippen LogP contribution in [0.3, 0.4) is 0 Å². The van der Waals surface area contributed by atoms with Gasteiger partial charge in [-0.2, -0.15) is 0 Å². The minimum Gasteiger partial charge on any atom is -0.415 e. The Kier molecular flexibility index (Phi) is 5.43. The lowest BCUT2D eigenvalue weighted by Gasteiger charge is -2.12. The van der Waals surface area contributed by atoms with Crippen molar-refractivity contribution in [2.75, 3.05) is 14.1 Å². The van der Waals surface area contributed by atoms with E-state index in [0.29, 0.717) is 23.9 Å². The van der Waals surface area contributed by atoms with Gasteiger partial charge in [0.15, 0.2) is 6.54 Å². The van der Waals surface area contributed by atoms with Gasteiger partial charge < -0.3 is 14.6 Å². The second kappa shape index (κ2) is 7.93. The maximum absolute atomic E-state index is 11.6. The smallest absolute Gasteiger partial charge is 0.271 e. The molecule has 0 radical (unpaired) electrons. The molecule has 1 heterocycles. The number of carbonyl (C=O) groups excluding carboxylic acids is 1. The number of aromatic nitrogens is 2. The monoisotopic (exact) mass is 351 g/mol. The van der Waals surface area contributed by atoms with E-state index in [9.17, 15) is 4.79 Å². The average Bonchev–Trinajstić information content (AvgIpc) is 3.10. The van der Waals surface area contributed by atoms with Crippen LogP contribution in [0.25, 0.3) is 11.5 Å². The summed E-state index contributed by atoms with van der Waals surface area (Å²) in [5, 5.41) is 10.9. The molecule has 6 nitrogen and oxygen atoms in total. The lowest BCUT2D eigenvalue weighted by Crippen LogP contribution is -3.06. The fraction of sp³-hybridized carbons (Fsp3) is 0.250. The second-order valence-corrected chi connectivity index (χ2v) is 6.46. The third-order valence-corrected chi connectivity index (χ3v) is 4.13. The summed E-state index contributed by atoms with van der Waals surface area (Å²) < 4.78 is 5.80. The molecular formula is C20H23N4O2+. The Morgan fingerprint density at radius 3 is 2.58 bits per heavy atom. The predicted molar refractivity (Wildman–Crippen MR) is 98.6 cm³/mol. The fourth-order valence-electron chi connectivity index (χ4n) is 2.81. The van der Waals surface area contributed by atoms with Crippen molar-refractivity contribution in [2.45, 2.75) is 20.0 Å². The highest BCUT2D eigenvalue weighted by molar-refractivity contribution is 5.93. The van der Waals surface area contributed by atoms with Gasteiger partial charge in [0.05, 0.1) is 7.05 Å². The van der Waals surface area contributed by atoms with E-state index in [-0.39, 0.29) is 5.91 Å². The van der Waals surface area contributed by atoms with Crippen LogP contribution in [-0.4, -0.2) is 30.2 Å². The molecule has 6 heteroatoms. The number of carbonyl (C=O) groups is 1. The molecule has 0 aliphatic carbocycles. The second-order valence-electron chi connectivity index (χ2n) is 6.46. The van der Waals surface area contributed by atoms with Crippen molar-refractivity contribution in [1.82, 2.24) is 15.5 Å². The summed E-state index contributed by atoms with van der Waals surface area (Å²) in [5.41, 5.74) is 3.90. The van der Waals surface area contributed by atoms with E-state index in [1.54, 1.807) is 7.05 Å². The van der Waals surface area contributed by atoms with Crippen LogP contribution in [0.5, 0.6) is 0 Å². The number of aryl methyl sites for hydroxylation is 1. The number of hydrogen-bond acceptors (Lipinski definition) is 4. The van der Waals surface area contributed by atoms with Gasteiger partial charge in [0.2, 0.25) is 5.89 Å². The lowest BCUT2D eigenvalue weighted by molar-refractivity contribution is -0.909. The van der Waals surface area contributed by atoms with Gasteiger partial charge in [-0.25, -0.2) is 0 Å². The number of nitrogens with one attached hydrogen (secondary N) is 2. The van der Waals surface area contributed by atoms with Crippen molar-refractivity contribution < 1.29 is 14.1 Å². The van der Waals surface area contributed by atoms with Gasteiger partial charge in [-0.15, -0.1) is 10.2 Å². The number of benzene rings is 2. The van der Waals surface area contributed by atoms with Gasteiger partial charge in [0.25, 0.3) is 11.8 Å². The molecule has 1 unspecified atom stereocenters.